The van der Waals surface area contributed by atoms with E-state index in [1.165, 1.54) is 12.1 Å². The van der Waals surface area contributed by atoms with Crippen molar-refractivity contribution < 1.29 is 18.7 Å². The van der Waals surface area contributed by atoms with Gasteiger partial charge >= 0.3 is 0 Å². The second-order valence-electron chi connectivity index (χ2n) is 8.71. The lowest BCUT2D eigenvalue weighted by Crippen LogP contribution is -2.46. The number of fused-ring (bicyclic) bond motifs is 1. The van der Waals surface area contributed by atoms with Crippen molar-refractivity contribution in [2.45, 2.75) is 25.3 Å². The van der Waals surface area contributed by atoms with E-state index < -0.39 is 5.82 Å². The first-order valence-corrected chi connectivity index (χ1v) is 12.1. The zero-order valence-corrected chi connectivity index (χ0v) is 20.4. The average Bonchev–Trinajstić information content (AvgIpc) is 2.86. The third kappa shape index (κ3) is 6.01. The summed E-state index contributed by atoms with van der Waals surface area (Å²) < 4.78 is 20.8. The Hall–Kier alpha value is -3.38. The van der Waals surface area contributed by atoms with Crippen LogP contribution in [0.1, 0.15) is 39.1 Å². The smallest absolute Gasteiger partial charge is 0.257 e. The van der Waals surface area contributed by atoms with E-state index in [1.54, 1.807) is 47.2 Å². The van der Waals surface area contributed by atoms with Crippen LogP contribution in [0, 0.1) is 5.82 Å². The van der Waals surface area contributed by atoms with Crippen molar-refractivity contribution >= 4 is 23.4 Å². The van der Waals surface area contributed by atoms with Crippen molar-refractivity contribution in [2.75, 3.05) is 26.7 Å². The Morgan fingerprint density at radius 3 is 2.51 bits per heavy atom. The lowest BCUT2D eigenvalue weighted by Gasteiger charge is -2.33. The minimum absolute atomic E-state index is 0.0390. The Balaban J connectivity index is 1.72. The molecule has 2 amide bonds. The second-order valence-corrected chi connectivity index (χ2v) is 9.14. The monoisotopic (exact) mass is 494 g/mol. The van der Waals surface area contributed by atoms with Crippen LogP contribution >= 0.6 is 11.6 Å². The largest absolute Gasteiger partial charge is 0.491 e. The molecule has 1 atom stereocenters. The second kappa shape index (κ2) is 11.4. The van der Waals surface area contributed by atoms with E-state index in [4.69, 9.17) is 16.3 Å². The van der Waals surface area contributed by atoms with E-state index in [1.807, 2.05) is 30.3 Å². The van der Waals surface area contributed by atoms with Gasteiger partial charge in [-0.15, -0.1) is 0 Å². The van der Waals surface area contributed by atoms with Crippen LogP contribution in [0.3, 0.4) is 0 Å². The van der Waals surface area contributed by atoms with Crippen molar-refractivity contribution in [1.29, 1.82) is 0 Å². The molecule has 0 fully saturated rings. The molecule has 0 aliphatic carbocycles. The summed E-state index contributed by atoms with van der Waals surface area (Å²) in [6.45, 7) is 1.07. The number of ether oxygens (including phenoxy) is 1. The van der Waals surface area contributed by atoms with Crippen molar-refractivity contribution in [3.8, 4) is 5.75 Å². The highest BCUT2D eigenvalue weighted by atomic mass is 35.5. The number of carbonyl (C=O) groups is 2. The van der Waals surface area contributed by atoms with E-state index in [-0.39, 0.29) is 30.0 Å². The van der Waals surface area contributed by atoms with Gasteiger partial charge in [0.15, 0.2) is 0 Å². The summed E-state index contributed by atoms with van der Waals surface area (Å²) in [6.07, 6.45) is 1.88. The Bertz CT molecular complexity index is 1190. The van der Waals surface area contributed by atoms with Gasteiger partial charge in [0.05, 0.1) is 17.2 Å². The van der Waals surface area contributed by atoms with Crippen LogP contribution in [0.4, 0.5) is 4.39 Å². The SMILES string of the molecule is CN1CCCCN(C(=O)c2ccccc2F)[C@@H](Cc2ccccc2)COc2ccc(Cl)cc2C1=O. The van der Waals surface area contributed by atoms with Crippen LogP contribution in [0.15, 0.2) is 72.8 Å². The molecule has 0 aromatic heterocycles. The van der Waals surface area contributed by atoms with Gasteiger partial charge in [-0.3, -0.25) is 9.59 Å². The van der Waals surface area contributed by atoms with Gasteiger partial charge in [0, 0.05) is 25.2 Å². The van der Waals surface area contributed by atoms with E-state index >= 15 is 0 Å². The number of carbonyl (C=O) groups excluding carboxylic acids is 2. The highest BCUT2D eigenvalue weighted by molar-refractivity contribution is 6.31. The number of benzene rings is 3. The molecule has 3 aromatic carbocycles. The third-order valence-electron chi connectivity index (χ3n) is 6.21. The molecule has 7 heteroatoms. The van der Waals surface area contributed by atoms with Crippen molar-refractivity contribution in [2.24, 2.45) is 0 Å². The fourth-order valence-corrected chi connectivity index (χ4v) is 4.48. The Kier molecular flexibility index (Phi) is 8.03. The summed E-state index contributed by atoms with van der Waals surface area (Å²) in [5.74, 6) is -0.677. The molecule has 1 aliphatic heterocycles. The van der Waals surface area contributed by atoms with Crippen LogP contribution < -0.4 is 4.74 Å². The molecule has 0 bridgehead atoms. The summed E-state index contributed by atoms with van der Waals surface area (Å²) in [6, 6.07) is 20.4. The quantitative estimate of drug-likeness (QED) is 0.484. The number of hydrogen-bond acceptors (Lipinski definition) is 3. The van der Waals surface area contributed by atoms with Crippen LogP contribution in [-0.4, -0.2) is 54.4 Å². The third-order valence-corrected chi connectivity index (χ3v) is 6.45. The van der Waals surface area contributed by atoms with E-state index in [9.17, 15) is 14.0 Å². The van der Waals surface area contributed by atoms with Crippen molar-refractivity contribution in [1.82, 2.24) is 9.80 Å². The van der Waals surface area contributed by atoms with Crippen molar-refractivity contribution in [3.63, 3.8) is 0 Å². The Labute approximate surface area is 210 Å². The maximum absolute atomic E-state index is 14.6. The number of amides is 2. The molecule has 0 unspecified atom stereocenters. The maximum Gasteiger partial charge on any atom is 0.257 e. The summed E-state index contributed by atoms with van der Waals surface area (Å²) in [7, 11) is 1.74. The van der Waals surface area contributed by atoms with Gasteiger partial charge in [-0.25, -0.2) is 4.39 Å². The van der Waals surface area contributed by atoms with Gasteiger partial charge in [-0.05, 0) is 55.2 Å². The fourth-order valence-electron chi connectivity index (χ4n) is 4.30. The first-order chi connectivity index (χ1) is 16.9. The molecule has 35 heavy (non-hydrogen) atoms. The van der Waals surface area contributed by atoms with Crippen LogP contribution in [0.2, 0.25) is 5.02 Å². The summed E-state index contributed by atoms with van der Waals surface area (Å²) in [5, 5.41) is 0.443. The van der Waals surface area contributed by atoms with E-state index in [0.717, 1.165) is 5.56 Å². The first kappa shape index (κ1) is 24.7. The van der Waals surface area contributed by atoms with Gasteiger partial charge in [0.2, 0.25) is 0 Å². The molecular weight excluding hydrogens is 467 g/mol. The first-order valence-electron chi connectivity index (χ1n) is 11.7. The summed E-state index contributed by atoms with van der Waals surface area (Å²) in [4.78, 5) is 30.0. The number of hydrogen-bond donors (Lipinski definition) is 0. The van der Waals surface area contributed by atoms with Crippen molar-refractivity contribution in [3.05, 3.63) is 100 Å². The summed E-state index contributed by atoms with van der Waals surface area (Å²) in [5.41, 5.74) is 1.45. The van der Waals surface area contributed by atoms with Crippen LogP contribution in [-0.2, 0) is 6.42 Å². The molecule has 0 N–H and O–H groups in total. The van der Waals surface area contributed by atoms with Crippen LogP contribution in [0.5, 0.6) is 5.75 Å². The lowest BCUT2D eigenvalue weighted by molar-refractivity contribution is 0.0586. The molecular formula is C28H28ClFN2O3. The zero-order chi connectivity index (χ0) is 24.8. The normalized spacial score (nSPS) is 17.1. The number of halogens is 2. The molecule has 1 aliphatic rings. The minimum Gasteiger partial charge on any atom is -0.491 e. The standard InChI is InChI=1S/C28H28ClFN2O3/c1-31-15-7-8-16-32(28(34)23-11-5-6-12-25(23)30)22(17-20-9-3-2-4-10-20)19-35-26-14-13-21(29)18-24(26)27(31)33/h2-6,9-14,18,22H,7-8,15-17,19H2,1H3/t22-/m0/s1. The molecule has 4 rings (SSSR count). The zero-order valence-electron chi connectivity index (χ0n) is 19.6. The number of rotatable bonds is 3. The molecule has 0 saturated heterocycles. The molecule has 1 heterocycles. The molecule has 182 valence electrons. The van der Waals surface area contributed by atoms with Gasteiger partial charge in [0.25, 0.3) is 11.8 Å². The van der Waals surface area contributed by atoms with Crippen LogP contribution in [0.25, 0.3) is 0 Å². The Morgan fingerprint density at radius 2 is 1.74 bits per heavy atom. The van der Waals surface area contributed by atoms with E-state index in [2.05, 4.69) is 0 Å². The molecule has 0 spiro atoms. The molecule has 0 saturated carbocycles. The molecule has 5 nitrogen and oxygen atoms in total. The van der Waals surface area contributed by atoms with Gasteiger partial charge in [-0.2, -0.15) is 0 Å². The Morgan fingerprint density at radius 1 is 1.03 bits per heavy atom. The molecule has 3 aromatic rings. The predicted molar refractivity (Wildman–Crippen MR) is 135 cm³/mol. The topological polar surface area (TPSA) is 49.9 Å². The average molecular weight is 495 g/mol. The molecule has 0 radical (unpaired) electrons. The van der Waals surface area contributed by atoms with E-state index in [0.29, 0.717) is 48.7 Å². The summed E-state index contributed by atoms with van der Waals surface area (Å²) >= 11 is 6.18. The fraction of sp³-hybridized carbons (Fsp3) is 0.286. The predicted octanol–water partition coefficient (Wildman–Crippen LogP) is 5.48. The van der Waals surface area contributed by atoms with Gasteiger partial charge in [0.1, 0.15) is 18.2 Å². The highest BCUT2D eigenvalue weighted by Gasteiger charge is 2.29. The lowest BCUT2D eigenvalue weighted by atomic mass is 10.0. The van der Waals surface area contributed by atoms with Gasteiger partial charge < -0.3 is 14.5 Å². The maximum atomic E-state index is 14.6. The number of nitrogens with zero attached hydrogens (tertiary/aromatic N) is 2. The highest BCUT2D eigenvalue weighted by Crippen LogP contribution is 2.26. The van der Waals surface area contributed by atoms with Gasteiger partial charge in [-0.1, -0.05) is 54.1 Å². The minimum atomic E-state index is -0.548.